The molecule has 1 aliphatic carbocycles. The molecule has 0 amide bonds. The van der Waals surface area contributed by atoms with Crippen LogP contribution in [0.4, 0.5) is 0 Å². The summed E-state index contributed by atoms with van der Waals surface area (Å²) in [6, 6.07) is 0. The van der Waals surface area contributed by atoms with Gasteiger partial charge in [0.1, 0.15) is 12.2 Å². The number of fused-ring (bicyclic) bond motifs is 1. The summed E-state index contributed by atoms with van der Waals surface area (Å²) in [4.78, 5) is 23.0. The molecular formula is C17H22O5. The molecule has 2 rings (SSSR count). The molecule has 0 spiro atoms. The van der Waals surface area contributed by atoms with Gasteiger partial charge in [0, 0.05) is 18.9 Å². The van der Waals surface area contributed by atoms with Gasteiger partial charge in [0.05, 0.1) is 12.0 Å². The van der Waals surface area contributed by atoms with Crippen LogP contribution < -0.4 is 0 Å². The van der Waals surface area contributed by atoms with Gasteiger partial charge < -0.3 is 14.6 Å². The first-order valence-corrected chi connectivity index (χ1v) is 7.38. The van der Waals surface area contributed by atoms with E-state index in [0.29, 0.717) is 18.4 Å². The summed E-state index contributed by atoms with van der Waals surface area (Å²) in [5.74, 6) is -1.31. The van der Waals surface area contributed by atoms with Crippen LogP contribution in [0, 0.1) is 5.92 Å². The van der Waals surface area contributed by atoms with Crippen LogP contribution in [0.2, 0.25) is 0 Å². The lowest BCUT2D eigenvalue weighted by Crippen LogP contribution is -2.30. The number of hydrogen-bond acceptors (Lipinski definition) is 5. The van der Waals surface area contributed by atoms with Crippen molar-refractivity contribution in [2.24, 2.45) is 5.92 Å². The third-order valence-electron chi connectivity index (χ3n) is 4.13. The highest BCUT2D eigenvalue weighted by molar-refractivity contribution is 5.91. The van der Waals surface area contributed by atoms with Crippen LogP contribution in [-0.4, -0.2) is 35.4 Å². The Morgan fingerprint density at radius 2 is 2.14 bits per heavy atom. The molecular weight excluding hydrogens is 284 g/mol. The smallest absolute Gasteiger partial charge is 0.334 e. The Morgan fingerprint density at radius 1 is 1.45 bits per heavy atom. The van der Waals surface area contributed by atoms with Crippen molar-refractivity contribution in [1.29, 1.82) is 0 Å². The summed E-state index contributed by atoms with van der Waals surface area (Å²) < 4.78 is 10.6. The van der Waals surface area contributed by atoms with E-state index in [2.05, 4.69) is 6.58 Å². The van der Waals surface area contributed by atoms with Crippen LogP contribution >= 0.6 is 0 Å². The summed E-state index contributed by atoms with van der Waals surface area (Å²) in [5, 5.41) is 10.4. The van der Waals surface area contributed by atoms with Crippen molar-refractivity contribution in [3.63, 3.8) is 0 Å². The molecule has 0 bridgehead atoms. The van der Waals surface area contributed by atoms with Gasteiger partial charge in [0.25, 0.3) is 0 Å². The second kappa shape index (κ2) is 6.48. The predicted molar refractivity (Wildman–Crippen MR) is 80.8 cm³/mol. The van der Waals surface area contributed by atoms with Crippen molar-refractivity contribution < 1.29 is 24.2 Å². The Kier molecular flexibility index (Phi) is 4.86. The van der Waals surface area contributed by atoms with Crippen LogP contribution in [0.3, 0.4) is 0 Å². The molecule has 1 fully saturated rings. The molecule has 0 saturated carbocycles. The maximum absolute atomic E-state index is 11.8. The van der Waals surface area contributed by atoms with E-state index in [-0.39, 0.29) is 5.97 Å². The Balaban J connectivity index is 2.37. The van der Waals surface area contributed by atoms with Crippen LogP contribution in [-0.2, 0) is 19.1 Å². The topological polar surface area (TPSA) is 72.8 Å². The fourth-order valence-corrected chi connectivity index (χ4v) is 2.94. The minimum absolute atomic E-state index is 0.291. The molecule has 0 radical (unpaired) electrons. The van der Waals surface area contributed by atoms with Gasteiger partial charge in [0.15, 0.2) is 0 Å². The maximum atomic E-state index is 11.8. The quantitative estimate of drug-likeness (QED) is 0.456. The van der Waals surface area contributed by atoms with Gasteiger partial charge in [-0.1, -0.05) is 18.2 Å². The van der Waals surface area contributed by atoms with E-state index in [1.807, 2.05) is 19.9 Å². The zero-order chi connectivity index (χ0) is 16.4. The number of esters is 2. The molecule has 5 heteroatoms. The Bertz CT molecular complexity index is 557. The van der Waals surface area contributed by atoms with Crippen LogP contribution in [0.15, 0.2) is 35.5 Å². The predicted octanol–water partition coefficient (Wildman–Crippen LogP) is 2.06. The van der Waals surface area contributed by atoms with Gasteiger partial charge in [-0.05, 0) is 31.9 Å². The van der Waals surface area contributed by atoms with E-state index in [1.165, 1.54) is 6.92 Å². The van der Waals surface area contributed by atoms with Gasteiger partial charge >= 0.3 is 11.9 Å². The molecule has 1 N–H and O–H groups in total. The lowest BCUT2D eigenvalue weighted by atomic mass is 9.85. The molecule has 1 saturated heterocycles. The number of aliphatic hydroxyl groups is 1. The number of rotatable bonds is 1. The van der Waals surface area contributed by atoms with E-state index in [0.717, 1.165) is 11.1 Å². The molecule has 5 nitrogen and oxygen atoms in total. The minimum Gasteiger partial charge on any atom is -0.458 e. The van der Waals surface area contributed by atoms with Gasteiger partial charge in [-0.2, -0.15) is 0 Å². The fourth-order valence-electron chi connectivity index (χ4n) is 2.94. The Labute approximate surface area is 130 Å². The normalized spacial score (nSPS) is 37.3. The molecule has 0 aromatic rings. The molecule has 0 aromatic heterocycles. The third kappa shape index (κ3) is 3.47. The Morgan fingerprint density at radius 3 is 2.77 bits per heavy atom. The highest BCUT2D eigenvalue weighted by Gasteiger charge is 2.42. The highest BCUT2D eigenvalue weighted by Crippen LogP contribution is 2.34. The van der Waals surface area contributed by atoms with E-state index in [4.69, 9.17) is 9.47 Å². The first-order valence-electron chi connectivity index (χ1n) is 7.38. The van der Waals surface area contributed by atoms with Crippen molar-refractivity contribution >= 4 is 11.9 Å². The molecule has 120 valence electrons. The molecule has 2 aliphatic rings. The molecule has 1 aliphatic heterocycles. The zero-order valence-electron chi connectivity index (χ0n) is 13.2. The monoisotopic (exact) mass is 306 g/mol. The SMILES string of the molecule is C=C1C(=O)O[C@@H]2/C=C(\C)[C@@H](OC(C)=O)C/C=C(\C)C[C@@H](O)[C@@H]12. The maximum Gasteiger partial charge on any atom is 0.334 e. The summed E-state index contributed by atoms with van der Waals surface area (Å²) >= 11 is 0. The molecule has 4 atom stereocenters. The van der Waals surface area contributed by atoms with Crippen molar-refractivity contribution in [2.75, 3.05) is 0 Å². The van der Waals surface area contributed by atoms with Crippen molar-refractivity contribution in [3.8, 4) is 0 Å². The summed E-state index contributed by atoms with van der Waals surface area (Å²) in [6.45, 7) is 8.85. The van der Waals surface area contributed by atoms with Gasteiger partial charge in [-0.15, -0.1) is 0 Å². The van der Waals surface area contributed by atoms with Crippen molar-refractivity contribution in [3.05, 3.63) is 35.5 Å². The summed E-state index contributed by atoms with van der Waals surface area (Å²) in [6.07, 6.45) is 2.98. The van der Waals surface area contributed by atoms with E-state index >= 15 is 0 Å². The Hall–Kier alpha value is -1.88. The zero-order valence-corrected chi connectivity index (χ0v) is 13.2. The summed E-state index contributed by atoms with van der Waals surface area (Å²) in [5.41, 5.74) is 2.06. The molecule has 0 aromatic carbocycles. The summed E-state index contributed by atoms with van der Waals surface area (Å²) in [7, 11) is 0. The van der Waals surface area contributed by atoms with Crippen LogP contribution in [0.1, 0.15) is 33.6 Å². The minimum atomic E-state index is -0.727. The average molecular weight is 306 g/mol. The number of carbonyl (C=O) groups is 2. The fraction of sp³-hybridized carbons (Fsp3) is 0.529. The number of aliphatic hydroxyl groups excluding tert-OH is 1. The lowest BCUT2D eigenvalue weighted by Gasteiger charge is -2.25. The van der Waals surface area contributed by atoms with E-state index in [9.17, 15) is 14.7 Å². The first-order chi connectivity index (χ1) is 10.3. The molecule has 0 unspecified atom stereocenters. The largest absolute Gasteiger partial charge is 0.458 e. The second-order valence-electron chi connectivity index (χ2n) is 5.99. The highest BCUT2D eigenvalue weighted by atomic mass is 16.6. The van der Waals surface area contributed by atoms with Gasteiger partial charge in [-0.25, -0.2) is 4.79 Å². The number of ether oxygens (including phenoxy) is 2. The molecule has 1 heterocycles. The standard InChI is InChI=1S/C17H22O5/c1-9-5-6-14(21-12(4)18)10(2)8-15-16(13(19)7-9)11(3)17(20)22-15/h5,8,13-16,19H,3,6-7H2,1-2,4H3/b9-5+,10-8+/t13-,14+,15-,16-/m1/s1. The van der Waals surface area contributed by atoms with Gasteiger partial charge in [0.2, 0.25) is 0 Å². The lowest BCUT2D eigenvalue weighted by molar-refractivity contribution is -0.144. The van der Waals surface area contributed by atoms with Crippen molar-refractivity contribution in [2.45, 2.75) is 51.9 Å². The number of hydrogen-bond donors (Lipinski definition) is 1. The van der Waals surface area contributed by atoms with Crippen LogP contribution in [0.25, 0.3) is 0 Å². The molecule has 22 heavy (non-hydrogen) atoms. The third-order valence-corrected chi connectivity index (χ3v) is 4.13. The second-order valence-corrected chi connectivity index (χ2v) is 5.99. The van der Waals surface area contributed by atoms with E-state index < -0.39 is 30.2 Å². The first kappa shape index (κ1) is 16.5. The van der Waals surface area contributed by atoms with Crippen molar-refractivity contribution in [1.82, 2.24) is 0 Å². The number of carbonyl (C=O) groups excluding carboxylic acids is 2. The van der Waals surface area contributed by atoms with Gasteiger partial charge in [-0.3, -0.25) is 4.79 Å². The van der Waals surface area contributed by atoms with E-state index in [1.54, 1.807) is 6.08 Å². The van der Waals surface area contributed by atoms with Crippen LogP contribution in [0.5, 0.6) is 0 Å². The average Bonchev–Trinajstić information content (AvgIpc) is 2.68.